The summed E-state index contributed by atoms with van der Waals surface area (Å²) in [7, 11) is 0. The molecule has 2 saturated carbocycles. The van der Waals surface area contributed by atoms with Crippen molar-refractivity contribution in [2.45, 2.75) is 61.8 Å². The second kappa shape index (κ2) is 2.46. The van der Waals surface area contributed by atoms with Gasteiger partial charge in [0.05, 0.1) is 0 Å². The molecule has 0 nitrogen and oxygen atoms in total. The molecule has 0 aromatic rings. The molecular formula is C15H28. The molecule has 15 heavy (non-hydrogen) atoms. The topological polar surface area (TPSA) is 0 Å². The second-order valence-corrected chi connectivity index (χ2v) is 8.34. The average molecular weight is 208 g/mol. The maximum absolute atomic E-state index is 2.48. The van der Waals surface area contributed by atoms with Gasteiger partial charge in [-0.15, -0.1) is 0 Å². The minimum absolute atomic E-state index is 0.530. The van der Waals surface area contributed by atoms with Crippen LogP contribution in [-0.2, 0) is 0 Å². The maximum Gasteiger partial charge on any atom is -0.0264 e. The highest BCUT2D eigenvalue weighted by Gasteiger charge is 2.73. The fraction of sp³-hybridized carbons (Fsp3) is 1.00. The van der Waals surface area contributed by atoms with Gasteiger partial charge in [0, 0.05) is 0 Å². The van der Waals surface area contributed by atoms with Crippen molar-refractivity contribution in [2.24, 2.45) is 33.5 Å². The molecule has 2 aliphatic carbocycles. The van der Waals surface area contributed by atoms with Crippen LogP contribution in [0.5, 0.6) is 0 Å². The van der Waals surface area contributed by atoms with Gasteiger partial charge in [0.1, 0.15) is 0 Å². The smallest absolute Gasteiger partial charge is 0.0264 e. The van der Waals surface area contributed by atoms with Gasteiger partial charge in [0.25, 0.3) is 0 Å². The summed E-state index contributed by atoms with van der Waals surface area (Å²) in [5, 5.41) is 0. The van der Waals surface area contributed by atoms with Crippen molar-refractivity contribution in [1.82, 2.24) is 0 Å². The van der Waals surface area contributed by atoms with E-state index in [-0.39, 0.29) is 0 Å². The highest BCUT2D eigenvalue weighted by molar-refractivity contribution is 5.20. The van der Waals surface area contributed by atoms with E-state index in [0.29, 0.717) is 21.7 Å². The number of hydrogen-bond donors (Lipinski definition) is 0. The Morgan fingerprint density at radius 1 is 0.667 bits per heavy atom. The number of hydrogen-bond acceptors (Lipinski definition) is 0. The summed E-state index contributed by atoms with van der Waals surface area (Å²) < 4.78 is 0. The Kier molecular flexibility index (Phi) is 1.88. The molecule has 0 amide bonds. The number of rotatable bonds is 1. The zero-order valence-electron chi connectivity index (χ0n) is 11.9. The summed E-state index contributed by atoms with van der Waals surface area (Å²) >= 11 is 0. The van der Waals surface area contributed by atoms with E-state index in [1.807, 2.05) is 0 Å². The van der Waals surface area contributed by atoms with Crippen molar-refractivity contribution in [1.29, 1.82) is 0 Å². The van der Waals surface area contributed by atoms with Crippen LogP contribution < -0.4 is 0 Å². The summed E-state index contributed by atoms with van der Waals surface area (Å²) in [5.74, 6) is 1.88. The van der Waals surface area contributed by atoms with E-state index < -0.39 is 0 Å². The van der Waals surface area contributed by atoms with Gasteiger partial charge in [-0.3, -0.25) is 0 Å². The normalized spacial score (nSPS) is 39.6. The fourth-order valence-corrected chi connectivity index (χ4v) is 4.23. The minimum atomic E-state index is 0.530. The largest absolute Gasteiger partial charge is 0.0594 e. The molecule has 2 aliphatic rings. The maximum atomic E-state index is 2.48. The van der Waals surface area contributed by atoms with Crippen LogP contribution in [0.2, 0.25) is 0 Å². The van der Waals surface area contributed by atoms with E-state index in [9.17, 15) is 0 Å². The summed E-state index contributed by atoms with van der Waals surface area (Å²) in [4.78, 5) is 0. The molecule has 0 aromatic carbocycles. The van der Waals surface area contributed by atoms with Crippen molar-refractivity contribution in [3.8, 4) is 0 Å². The first kappa shape index (κ1) is 11.5. The van der Waals surface area contributed by atoms with Crippen LogP contribution in [0.15, 0.2) is 0 Å². The van der Waals surface area contributed by atoms with Gasteiger partial charge >= 0.3 is 0 Å². The monoisotopic (exact) mass is 208 g/mol. The van der Waals surface area contributed by atoms with Crippen LogP contribution in [0.3, 0.4) is 0 Å². The molecule has 0 aliphatic heterocycles. The lowest BCUT2D eigenvalue weighted by molar-refractivity contribution is -0.113. The second-order valence-electron chi connectivity index (χ2n) is 8.34. The highest BCUT2D eigenvalue weighted by Crippen LogP contribution is 2.79. The minimum Gasteiger partial charge on any atom is -0.0594 e. The Bertz CT molecular complexity index is 277. The lowest BCUT2D eigenvalue weighted by Crippen LogP contribution is -2.53. The van der Waals surface area contributed by atoms with Gasteiger partial charge in [-0.1, -0.05) is 55.4 Å². The van der Waals surface area contributed by atoms with Crippen LogP contribution in [0.25, 0.3) is 0 Å². The lowest BCUT2D eigenvalue weighted by Gasteiger charge is -2.60. The lowest BCUT2D eigenvalue weighted by atomic mass is 9.45. The Labute approximate surface area is 95.8 Å². The van der Waals surface area contributed by atoms with Gasteiger partial charge in [0.2, 0.25) is 0 Å². The third-order valence-corrected chi connectivity index (χ3v) is 6.94. The van der Waals surface area contributed by atoms with Gasteiger partial charge in [-0.2, -0.15) is 0 Å². The summed E-state index contributed by atoms with van der Waals surface area (Å²) in [5.41, 5.74) is 2.20. The Morgan fingerprint density at radius 3 is 1.27 bits per heavy atom. The average Bonchev–Trinajstić information content (AvgIpc) is 2.39. The third-order valence-electron chi connectivity index (χ3n) is 6.94. The van der Waals surface area contributed by atoms with Crippen LogP contribution in [0.1, 0.15) is 61.8 Å². The Balaban J connectivity index is 2.19. The molecule has 0 saturated heterocycles. The van der Waals surface area contributed by atoms with Crippen LogP contribution in [-0.4, -0.2) is 0 Å². The molecular weight excluding hydrogens is 180 g/mol. The standard InChI is InChI=1S/C15H28/c1-12(2)9-10(13(12,3)4)11-14(5,6)15(11,7)8/h10-11H,9H2,1-8H3. The van der Waals surface area contributed by atoms with Crippen LogP contribution in [0.4, 0.5) is 0 Å². The van der Waals surface area contributed by atoms with Gasteiger partial charge in [-0.25, -0.2) is 0 Å². The highest BCUT2D eigenvalue weighted by atomic mass is 14.8. The molecule has 0 bridgehead atoms. The first-order chi connectivity index (χ1) is 6.46. The van der Waals surface area contributed by atoms with E-state index in [1.165, 1.54) is 6.42 Å². The fourth-order valence-electron chi connectivity index (χ4n) is 4.23. The van der Waals surface area contributed by atoms with Gasteiger partial charge < -0.3 is 0 Å². The van der Waals surface area contributed by atoms with Crippen molar-refractivity contribution in [3.63, 3.8) is 0 Å². The summed E-state index contributed by atoms with van der Waals surface area (Å²) in [6.45, 7) is 19.7. The Hall–Kier alpha value is 0. The van der Waals surface area contributed by atoms with E-state index in [0.717, 1.165) is 11.8 Å². The molecule has 88 valence electrons. The zero-order valence-corrected chi connectivity index (χ0v) is 11.9. The van der Waals surface area contributed by atoms with E-state index in [4.69, 9.17) is 0 Å². The molecule has 0 spiro atoms. The molecule has 2 fully saturated rings. The van der Waals surface area contributed by atoms with Crippen molar-refractivity contribution in [2.75, 3.05) is 0 Å². The molecule has 0 heterocycles. The molecule has 1 unspecified atom stereocenters. The Morgan fingerprint density at radius 2 is 1.07 bits per heavy atom. The first-order valence-electron chi connectivity index (χ1n) is 6.46. The van der Waals surface area contributed by atoms with Gasteiger partial charge in [0.15, 0.2) is 0 Å². The van der Waals surface area contributed by atoms with Gasteiger partial charge in [-0.05, 0) is 39.9 Å². The van der Waals surface area contributed by atoms with Crippen molar-refractivity contribution >= 4 is 0 Å². The van der Waals surface area contributed by atoms with Crippen LogP contribution in [0, 0.1) is 33.5 Å². The predicted octanol–water partition coefficient (Wildman–Crippen LogP) is 4.74. The third kappa shape index (κ3) is 1.09. The first-order valence-corrected chi connectivity index (χ1v) is 6.46. The molecule has 0 aromatic heterocycles. The zero-order chi connectivity index (χ0) is 11.9. The molecule has 0 heteroatoms. The van der Waals surface area contributed by atoms with Crippen molar-refractivity contribution < 1.29 is 0 Å². The summed E-state index contributed by atoms with van der Waals surface area (Å²) in [6, 6.07) is 0. The predicted molar refractivity (Wildman–Crippen MR) is 66.7 cm³/mol. The quantitative estimate of drug-likeness (QED) is 0.584. The van der Waals surface area contributed by atoms with Crippen molar-refractivity contribution in [3.05, 3.63) is 0 Å². The van der Waals surface area contributed by atoms with Crippen LogP contribution >= 0.6 is 0 Å². The molecule has 1 atom stereocenters. The van der Waals surface area contributed by atoms with E-state index in [1.54, 1.807) is 0 Å². The SMILES string of the molecule is CC1(C)CC(C2C(C)(C)C2(C)C)C1(C)C. The summed E-state index contributed by atoms with van der Waals surface area (Å²) in [6.07, 6.45) is 1.43. The molecule has 2 rings (SSSR count). The molecule has 0 radical (unpaired) electrons. The molecule has 0 N–H and O–H groups in total. The van der Waals surface area contributed by atoms with E-state index in [2.05, 4.69) is 55.4 Å². The van der Waals surface area contributed by atoms with E-state index >= 15 is 0 Å².